The van der Waals surface area contributed by atoms with E-state index in [1.807, 2.05) is 70.9 Å². The maximum Gasteiger partial charge on any atom is 0.255 e. The van der Waals surface area contributed by atoms with Gasteiger partial charge in [0.15, 0.2) is 0 Å². The Morgan fingerprint density at radius 2 is 1.81 bits per heavy atom. The molecule has 1 saturated heterocycles. The summed E-state index contributed by atoms with van der Waals surface area (Å²) in [5.74, 6) is 1.31. The first-order chi connectivity index (χ1) is 15.0. The van der Waals surface area contributed by atoms with Crippen LogP contribution < -0.4 is 10.5 Å². The molecule has 0 N–H and O–H groups in total. The number of piperidine rings is 1. The number of likely N-dealkylation sites (tertiary alicyclic amines) is 1. The fourth-order valence-corrected chi connectivity index (χ4v) is 4.88. The second kappa shape index (κ2) is 7.69. The summed E-state index contributed by atoms with van der Waals surface area (Å²) in [6, 6.07) is 17.6. The van der Waals surface area contributed by atoms with E-state index in [2.05, 4.69) is 11.1 Å². The maximum atomic E-state index is 13.2. The summed E-state index contributed by atoms with van der Waals surface area (Å²) >= 11 is 0. The summed E-state index contributed by atoms with van der Waals surface area (Å²) in [7, 11) is 3.86. The summed E-state index contributed by atoms with van der Waals surface area (Å²) in [4.78, 5) is 34.3. The fourth-order valence-electron chi connectivity index (χ4n) is 4.88. The van der Waals surface area contributed by atoms with Crippen LogP contribution in [0.5, 0.6) is 0 Å². The number of carbonyl (C=O) groups is 1. The average molecular weight is 415 g/mol. The highest BCUT2D eigenvalue weighted by Gasteiger charge is 2.37. The van der Waals surface area contributed by atoms with Crippen molar-refractivity contribution in [3.05, 3.63) is 82.4 Å². The van der Waals surface area contributed by atoms with E-state index >= 15 is 0 Å². The van der Waals surface area contributed by atoms with Gasteiger partial charge in [0.1, 0.15) is 5.82 Å². The highest BCUT2D eigenvalue weighted by Crippen LogP contribution is 2.37. The van der Waals surface area contributed by atoms with E-state index in [4.69, 9.17) is 0 Å². The zero-order chi connectivity index (χ0) is 21.5. The number of hydrogen-bond donors (Lipinski definition) is 0. The van der Waals surface area contributed by atoms with Gasteiger partial charge in [0, 0.05) is 57.6 Å². The first-order valence-corrected chi connectivity index (χ1v) is 10.7. The molecule has 6 heteroatoms. The zero-order valence-electron chi connectivity index (χ0n) is 17.9. The van der Waals surface area contributed by atoms with Gasteiger partial charge >= 0.3 is 0 Å². The predicted molar refractivity (Wildman–Crippen MR) is 121 cm³/mol. The van der Waals surface area contributed by atoms with Gasteiger partial charge in [-0.15, -0.1) is 0 Å². The van der Waals surface area contributed by atoms with Gasteiger partial charge in [0.2, 0.25) is 0 Å². The number of hydrogen-bond acceptors (Lipinski definition) is 4. The normalized spacial score (nSPS) is 19.6. The lowest BCUT2D eigenvalue weighted by molar-refractivity contribution is 0.0594. The van der Waals surface area contributed by atoms with Crippen LogP contribution in [0.4, 0.5) is 5.82 Å². The highest BCUT2D eigenvalue weighted by molar-refractivity contribution is 5.94. The number of aromatic nitrogens is 2. The van der Waals surface area contributed by atoms with Crippen molar-refractivity contribution >= 4 is 11.7 Å². The second-order valence-electron chi connectivity index (χ2n) is 8.79. The third-order valence-electron chi connectivity index (χ3n) is 6.40. The molecular formula is C25H26N4O2. The molecule has 2 aromatic heterocycles. The summed E-state index contributed by atoms with van der Waals surface area (Å²) in [5.41, 5.74) is 3.69. The minimum absolute atomic E-state index is 0.0162. The lowest BCUT2D eigenvalue weighted by Gasteiger charge is -2.43. The largest absolute Gasteiger partial charge is 0.363 e. The molecule has 2 aliphatic rings. The van der Waals surface area contributed by atoms with Gasteiger partial charge in [0.05, 0.1) is 5.56 Å². The van der Waals surface area contributed by atoms with Gasteiger partial charge in [-0.05, 0) is 41.7 Å². The average Bonchev–Trinajstić information content (AvgIpc) is 2.79. The van der Waals surface area contributed by atoms with Crippen LogP contribution in [0.3, 0.4) is 0 Å². The van der Waals surface area contributed by atoms with Gasteiger partial charge < -0.3 is 14.4 Å². The Morgan fingerprint density at radius 3 is 2.52 bits per heavy atom. The van der Waals surface area contributed by atoms with E-state index in [1.54, 1.807) is 12.3 Å². The zero-order valence-corrected chi connectivity index (χ0v) is 17.9. The molecular weight excluding hydrogens is 388 g/mol. The molecule has 6 nitrogen and oxygen atoms in total. The summed E-state index contributed by atoms with van der Waals surface area (Å²) in [6.07, 6.45) is 2.67. The Labute approximate surface area is 181 Å². The summed E-state index contributed by atoms with van der Waals surface area (Å²) in [5, 5.41) is 0. The van der Waals surface area contributed by atoms with E-state index < -0.39 is 0 Å². The number of benzene rings is 1. The molecule has 5 rings (SSSR count). The molecule has 0 spiro atoms. The van der Waals surface area contributed by atoms with Crippen molar-refractivity contribution in [1.29, 1.82) is 0 Å². The SMILES string of the molecule is CN(C)c1ccc(C(=O)N2C[C@@H]3C[C@H](C2)c2cc(-c4ccccc4)cc(=O)n2C3)cn1. The monoisotopic (exact) mass is 414 g/mol. The molecule has 2 aliphatic heterocycles. The number of nitrogens with zero attached hydrogens (tertiary/aromatic N) is 4. The van der Waals surface area contributed by atoms with Gasteiger partial charge in [-0.1, -0.05) is 30.3 Å². The van der Waals surface area contributed by atoms with Crippen molar-refractivity contribution in [2.24, 2.45) is 5.92 Å². The molecule has 3 aromatic rings. The molecule has 0 saturated carbocycles. The van der Waals surface area contributed by atoms with Crippen LogP contribution in [0.1, 0.15) is 28.4 Å². The van der Waals surface area contributed by atoms with E-state index in [9.17, 15) is 9.59 Å². The lowest BCUT2D eigenvalue weighted by Crippen LogP contribution is -2.49. The van der Waals surface area contributed by atoms with Crippen molar-refractivity contribution in [2.45, 2.75) is 18.9 Å². The van der Waals surface area contributed by atoms with Crippen LogP contribution >= 0.6 is 0 Å². The van der Waals surface area contributed by atoms with Crippen LogP contribution in [0.25, 0.3) is 11.1 Å². The molecule has 2 bridgehead atoms. The van der Waals surface area contributed by atoms with E-state index in [-0.39, 0.29) is 17.4 Å². The van der Waals surface area contributed by atoms with Crippen molar-refractivity contribution < 1.29 is 4.79 Å². The van der Waals surface area contributed by atoms with E-state index in [1.165, 1.54) is 0 Å². The molecule has 1 amide bonds. The smallest absolute Gasteiger partial charge is 0.255 e. The molecule has 0 radical (unpaired) electrons. The van der Waals surface area contributed by atoms with Crippen molar-refractivity contribution in [3.8, 4) is 11.1 Å². The van der Waals surface area contributed by atoms with Gasteiger partial charge in [-0.2, -0.15) is 0 Å². The number of rotatable bonds is 3. The quantitative estimate of drug-likeness (QED) is 0.660. The molecule has 31 heavy (non-hydrogen) atoms. The number of anilines is 1. The molecule has 4 heterocycles. The molecule has 0 aliphatic carbocycles. The lowest BCUT2D eigenvalue weighted by atomic mass is 9.82. The Hall–Kier alpha value is -3.41. The van der Waals surface area contributed by atoms with Gasteiger partial charge in [-0.3, -0.25) is 9.59 Å². The molecule has 2 atom stereocenters. The minimum Gasteiger partial charge on any atom is -0.363 e. The first kappa shape index (κ1) is 19.5. The third kappa shape index (κ3) is 3.63. The molecule has 158 valence electrons. The van der Waals surface area contributed by atoms with Crippen LogP contribution in [0.2, 0.25) is 0 Å². The Bertz CT molecular complexity index is 1170. The summed E-state index contributed by atoms with van der Waals surface area (Å²) in [6.45, 7) is 1.97. The fraction of sp³-hybridized carbons (Fsp3) is 0.320. The number of pyridine rings is 2. The standard InChI is InChI=1S/C25H26N4O2/c1-27(2)23-9-8-19(13-26-23)25(31)28-14-17-10-21(16-28)22-11-20(12-24(30)29(22)15-17)18-6-4-3-5-7-18/h3-9,11-13,17,21H,10,14-16H2,1-2H3/t17-,21+/m0/s1. The van der Waals surface area contributed by atoms with E-state index in [0.29, 0.717) is 31.1 Å². The van der Waals surface area contributed by atoms with Crippen molar-refractivity contribution in [3.63, 3.8) is 0 Å². The maximum absolute atomic E-state index is 13.2. The van der Waals surface area contributed by atoms with Crippen molar-refractivity contribution in [1.82, 2.24) is 14.5 Å². The second-order valence-corrected chi connectivity index (χ2v) is 8.79. The minimum atomic E-state index is 0.0162. The Morgan fingerprint density at radius 1 is 1.00 bits per heavy atom. The Balaban J connectivity index is 1.44. The highest BCUT2D eigenvalue weighted by atomic mass is 16.2. The number of carbonyl (C=O) groups excluding carboxylic acids is 1. The number of amides is 1. The van der Waals surface area contributed by atoms with E-state index in [0.717, 1.165) is 29.1 Å². The van der Waals surface area contributed by atoms with Gasteiger partial charge in [-0.25, -0.2) is 4.98 Å². The first-order valence-electron chi connectivity index (χ1n) is 10.7. The van der Waals surface area contributed by atoms with Crippen LogP contribution in [0, 0.1) is 5.92 Å². The van der Waals surface area contributed by atoms with Crippen LogP contribution in [-0.2, 0) is 6.54 Å². The van der Waals surface area contributed by atoms with Crippen molar-refractivity contribution in [2.75, 3.05) is 32.1 Å². The van der Waals surface area contributed by atoms with Gasteiger partial charge in [0.25, 0.3) is 11.5 Å². The predicted octanol–water partition coefficient (Wildman–Crippen LogP) is 3.24. The Kier molecular flexibility index (Phi) is 4.85. The summed E-state index contributed by atoms with van der Waals surface area (Å²) < 4.78 is 1.92. The van der Waals surface area contributed by atoms with Crippen LogP contribution in [0.15, 0.2) is 65.6 Å². The molecule has 0 unspecified atom stereocenters. The topological polar surface area (TPSA) is 58.4 Å². The number of fused-ring (bicyclic) bond motifs is 4. The molecule has 1 aromatic carbocycles. The molecule has 1 fully saturated rings. The van der Waals surface area contributed by atoms with Crippen LogP contribution in [-0.4, -0.2) is 47.5 Å². The third-order valence-corrected chi connectivity index (χ3v) is 6.40.